The second-order valence-electron chi connectivity index (χ2n) is 4.62. The van der Waals surface area contributed by atoms with E-state index in [9.17, 15) is 14.0 Å². The van der Waals surface area contributed by atoms with Crippen LogP contribution in [0.15, 0.2) is 46.9 Å². The summed E-state index contributed by atoms with van der Waals surface area (Å²) >= 11 is 3.08. The highest BCUT2D eigenvalue weighted by atomic mass is 79.9. The summed E-state index contributed by atoms with van der Waals surface area (Å²) in [6.45, 7) is 1.48. The van der Waals surface area contributed by atoms with Crippen molar-refractivity contribution in [2.24, 2.45) is 0 Å². The van der Waals surface area contributed by atoms with Gasteiger partial charge in [-0.25, -0.2) is 9.18 Å². The van der Waals surface area contributed by atoms with E-state index in [4.69, 9.17) is 4.74 Å². The second-order valence-corrected chi connectivity index (χ2v) is 5.47. The first-order valence-electron chi connectivity index (χ1n) is 6.44. The molecule has 2 rings (SSSR count). The van der Waals surface area contributed by atoms with Crippen LogP contribution in [0.5, 0.6) is 0 Å². The molecule has 4 nitrogen and oxygen atoms in total. The van der Waals surface area contributed by atoms with Crippen LogP contribution in [0.3, 0.4) is 0 Å². The van der Waals surface area contributed by atoms with E-state index in [2.05, 4.69) is 21.2 Å². The highest BCUT2D eigenvalue weighted by Crippen LogP contribution is 2.19. The summed E-state index contributed by atoms with van der Waals surface area (Å²) in [6.07, 6.45) is 0. The van der Waals surface area contributed by atoms with E-state index < -0.39 is 24.3 Å². The summed E-state index contributed by atoms with van der Waals surface area (Å²) in [5.41, 5.74) is 1.79. The maximum Gasteiger partial charge on any atom is 0.339 e. The Bertz CT molecular complexity index is 718. The summed E-state index contributed by atoms with van der Waals surface area (Å²) in [4.78, 5) is 23.6. The summed E-state index contributed by atoms with van der Waals surface area (Å²) in [7, 11) is 0. The van der Waals surface area contributed by atoms with Gasteiger partial charge in [-0.1, -0.05) is 12.1 Å². The summed E-state index contributed by atoms with van der Waals surface area (Å²) in [5.74, 6) is -1.62. The zero-order chi connectivity index (χ0) is 16.1. The van der Waals surface area contributed by atoms with Gasteiger partial charge in [-0.05, 0) is 58.7 Å². The van der Waals surface area contributed by atoms with Crippen LogP contribution in [0, 0.1) is 12.7 Å². The van der Waals surface area contributed by atoms with E-state index in [1.165, 1.54) is 6.07 Å². The fourth-order valence-electron chi connectivity index (χ4n) is 1.78. The lowest BCUT2D eigenvalue weighted by Crippen LogP contribution is -2.21. The van der Waals surface area contributed by atoms with Gasteiger partial charge < -0.3 is 10.1 Å². The lowest BCUT2D eigenvalue weighted by Gasteiger charge is -2.08. The van der Waals surface area contributed by atoms with Crippen molar-refractivity contribution in [3.8, 4) is 0 Å². The minimum absolute atomic E-state index is 0.157. The Kier molecular flexibility index (Phi) is 5.27. The lowest BCUT2D eigenvalue weighted by molar-refractivity contribution is -0.119. The molecule has 0 unspecified atom stereocenters. The number of esters is 1. The number of carbonyl (C=O) groups excluding carboxylic acids is 2. The molecule has 114 valence electrons. The molecule has 0 fully saturated rings. The third-order valence-corrected chi connectivity index (χ3v) is 3.44. The standard InChI is InChI=1S/C16H13BrFNO3/c1-10-3-2-4-12(7-10)19-15(20)9-22-16(21)13-6-5-11(18)8-14(13)17/h2-8H,9H2,1H3,(H,19,20). The lowest BCUT2D eigenvalue weighted by atomic mass is 10.2. The molecule has 0 radical (unpaired) electrons. The first kappa shape index (κ1) is 16.2. The Morgan fingerprint density at radius 2 is 2.00 bits per heavy atom. The van der Waals surface area contributed by atoms with Gasteiger partial charge in [-0.2, -0.15) is 0 Å². The number of nitrogens with one attached hydrogen (secondary N) is 1. The molecule has 0 heterocycles. The van der Waals surface area contributed by atoms with Gasteiger partial charge in [0, 0.05) is 10.2 Å². The van der Waals surface area contributed by atoms with Crippen molar-refractivity contribution in [3.63, 3.8) is 0 Å². The number of carbonyl (C=O) groups is 2. The molecule has 1 amide bonds. The smallest absolute Gasteiger partial charge is 0.339 e. The largest absolute Gasteiger partial charge is 0.452 e. The molecule has 0 aliphatic heterocycles. The van der Waals surface area contributed by atoms with Crippen molar-refractivity contribution < 1.29 is 18.7 Å². The Hall–Kier alpha value is -2.21. The summed E-state index contributed by atoms with van der Waals surface area (Å²) in [5, 5.41) is 2.63. The van der Waals surface area contributed by atoms with Crippen LogP contribution in [-0.2, 0) is 9.53 Å². The fourth-order valence-corrected chi connectivity index (χ4v) is 2.30. The molecule has 0 atom stereocenters. The Morgan fingerprint density at radius 3 is 2.68 bits per heavy atom. The van der Waals surface area contributed by atoms with Crippen molar-refractivity contribution >= 4 is 33.5 Å². The van der Waals surface area contributed by atoms with Gasteiger partial charge in [0.2, 0.25) is 0 Å². The van der Waals surface area contributed by atoms with Gasteiger partial charge in [0.25, 0.3) is 5.91 Å². The predicted molar refractivity (Wildman–Crippen MR) is 84.2 cm³/mol. The Labute approximate surface area is 135 Å². The molecule has 0 aliphatic rings. The number of benzene rings is 2. The van der Waals surface area contributed by atoms with E-state index in [-0.39, 0.29) is 10.0 Å². The maximum absolute atomic E-state index is 13.0. The molecule has 0 saturated carbocycles. The molecule has 0 aliphatic carbocycles. The topological polar surface area (TPSA) is 55.4 Å². The average molecular weight is 366 g/mol. The SMILES string of the molecule is Cc1cccc(NC(=O)COC(=O)c2ccc(F)cc2Br)c1. The van der Waals surface area contributed by atoms with Gasteiger partial charge in [0.15, 0.2) is 6.61 Å². The van der Waals surface area contributed by atoms with E-state index >= 15 is 0 Å². The van der Waals surface area contributed by atoms with Crippen LogP contribution in [-0.4, -0.2) is 18.5 Å². The normalized spacial score (nSPS) is 10.1. The molecule has 22 heavy (non-hydrogen) atoms. The first-order chi connectivity index (χ1) is 10.5. The van der Waals surface area contributed by atoms with Crippen molar-refractivity contribution in [2.45, 2.75) is 6.92 Å². The van der Waals surface area contributed by atoms with Crippen LogP contribution in [0.2, 0.25) is 0 Å². The predicted octanol–water partition coefficient (Wildman–Crippen LogP) is 3.69. The van der Waals surface area contributed by atoms with Crippen molar-refractivity contribution in [3.05, 3.63) is 63.9 Å². The summed E-state index contributed by atoms with van der Waals surface area (Å²) in [6, 6.07) is 10.9. The van der Waals surface area contributed by atoms with Crippen molar-refractivity contribution in [1.29, 1.82) is 0 Å². The van der Waals surface area contributed by atoms with Crippen LogP contribution in [0.4, 0.5) is 10.1 Å². The second kappa shape index (κ2) is 7.17. The van der Waals surface area contributed by atoms with E-state index in [1.807, 2.05) is 19.1 Å². The quantitative estimate of drug-likeness (QED) is 0.840. The molecule has 2 aromatic rings. The number of halogens is 2. The Morgan fingerprint density at radius 1 is 1.23 bits per heavy atom. The maximum atomic E-state index is 13.0. The van der Waals surface area contributed by atoms with Gasteiger partial charge >= 0.3 is 5.97 Å². The van der Waals surface area contributed by atoms with Crippen LogP contribution < -0.4 is 5.32 Å². The monoisotopic (exact) mass is 365 g/mol. The zero-order valence-corrected chi connectivity index (χ0v) is 13.3. The number of aryl methyl sites for hydroxylation is 1. The molecular weight excluding hydrogens is 353 g/mol. The average Bonchev–Trinajstić information content (AvgIpc) is 2.45. The molecule has 0 aromatic heterocycles. The van der Waals surface area contributed by atoms with Gasteiger partial charge in [-0.3, -0.25) is 4.79 Å². The fraction of sp³-hybridized carbons (Fsp3) is 0.125. The third kappa shape index (κ3) is 4.39. The highest BCUT2D eigenvalue weighted by Gasteiger charge is 2.14. The van der Waals surface area contributed by atoms with Gasteiger partial charge in [0.1, 0.15) is 5.82 Å². The third-order valence-electron chi connectivity index (χ3n) is 2.79. The number of hydrogen-bond acceptors (Lipinski definition) is 3. The van der Waals surface area contributed by atoms with Crippen molar-refractivity contribution in [1.82, 2.24) is 0 Å². The van der Waals surface area contributed by atoms with E-state index in [0.29, 0.717) is 5.69 Å². The molecule has 0 bridgehead atoms. The molecule has 0 spiro atoms. The molecule has 1 N–H and O–H groups in total. The van der Waals surface area contributed by atoms with Gasteiger partial charge in [-0.15, -0.1) is 0 Å². The zero-order valence-electron chi connectivity index (χ0n) is 11.7. The summed E-state index contributed by atoms with van der Waals surface area (Å²) < 4.78 is 18.1. The minimum atomic E-state index is -0.703. The molecule has 2 aromatic carbocycles. The van der Waals surface area contributed by atoms with Crippen LogP contribution in [0.25, 0.3) is 0 Å². The van der Waals surface area contributed by atoms with Crippen LogP contribution >= 0.6 is 15.9 Å². The van der Waals surface area contributed by atoms with Crippen molar-refractivity contribution in [2.75, 3.05) is 11.9 Å². The Balaban J connectivity index is 1.92. The van der Waals surface area contributed by atoms with E-state index in [0.717, 1.165) is 17.7 Å². The molecule has 0 saturated heterocycles. The number of anilines is 1. The number of amides is 1. The number of ether oxygens (including phenoxy) is 1. The molecule has 6 heteroatoms. The number of hydrogen-bond donors (Lipinski definition) is 1. The molecular formula is C16H13BrFNO3. The first-order valence-corrected chi connectivity index (χ1v) is 7.23. The number of rotatable bonds is 4. The van der Waals surface area contributed by atoms with Crippen LogP contribution in [0.1, 0.15) is 15.9 Å². The minimum Gasteiger partial charge on any atom is -0.452 e. The van der Waals surface area contributed by atoms with Gasteiger partial charge in [0.05, 0.1) is 5.56 Å². The highest BCUT2D eigenvalue weighted by molar-refractivity contribution is 9.10. The van der Waals surface area contributed by atoms with E-state index in [1.54, 1.807) is 12.1 Å².